The van der Waals surface area contributed by atoms with Gasteiger partial charge in [0.25, 0.3) is 0 Å². The topological polar surface area (TPSA) is 38.8 Å². The van der Waals surface area contributed by atoms with Crippen molar-refractivity contribution in [3.05, 3.63) is 35.9 Å². The van der Waals surface area contributed by atoms with Crippen LogP contribution >= 0.6 is 0 Å². The van der Waals surface area contributed by atoms with Crippen LogP contribution in [0.2, 0.25) is 0 Å². The first-order valence-electron chi connectivity index (χ1n) is 9.98. The third kappa shape index (κ3) is 1.88. The number of epoxide rings is 1. The van der Waals surface area contributed by atoms with E-state index in [9.17, 15) is 4.79 Å². The van der Waals surface area contributed by atoms with Crippen LogP contribution in [0.3, 0.4) is 0 Å². The molecular formula is C22H26O3. The van der Waals surface area contributed by atoms with Crippen LogP contribution in [0.5, 0.6) is 0 Å². The largest absolute Gasteiger partial charge is 0.455 e. The van der Waals surface area contributed by atoms with E-state index in [1.54, 1.807) is 0 Å². The summed E-state index contributed by atoms with van der Waals surface area (Å²) in [6, 6.07) is 10.1. The monoisotopic (exact) mass is 338 g/mol. The number of hydrogen-bond donors (Lipinski definition) is 0. The van der Waals surface area contributed by atoms with E-state index in [2.05, 4.69) is 0 Å². The number of ether oxygens (including phenoxy) is 2. The highest BCUT2D eigenvalue weighted by Gasteiger charge is 2.74. The smallest absolute Gasteiger partial charge is 0.310 e. The van der Waals surface area contributed by atoms with E-state index >= 15 is 0 Å². The molecule has 132 valence electrons. The number of carbonyl (C=O) groups is 1. The molecule has 25 heavy (non-hydrogen) atoms. The Morgan fingerprint density at radius 1 is 1.00 bits per heavy atom. The first-order chi connectivity index (χ1) is 12.0. The first-order valence-corrected chi connectivity index (χ1v) is 9.98. The van der Waals surface area contributed by atoms with Crippen molar-refractivity contribution in [1.82, 2.24) is 0 Å². The molecule has 1 aromatic rings. The Hall–Kier alpha value is -1.35. The number of fused-ring (bicyclic) bond motifs is 12. The average Bonchev–Trinajstić information content (AvgIpc) is 2.95. The molecule has 9 unspecified atom stereocenters. The Morgan fingerprint density at radius 2 is 1.72 bits per heavy atom. The van der Waals surface area contributed by atoms with E-state index in [4.69, 9.17) is 9.47 Å². The van der Waals surface area contributed by atoms with Gasteiger partial charge in [-0.05, 0) is 74.2 Å². The molecule has 4 bridgehead atoms. The standard InChI is InChI=1S/C22H26O3/c1-22(2,12-6-4-3-5-7-12)25-21(23)14-9-11-8-13(14)18-16-10-15(17(11)18)19-20(16)24-19/h3-7,11,13-20H,8-10H2,1-2H3. The van der Waals surface area contributed by atoms with Gasteiger partial charge in [0.05, 0.1) is 18.1 Å². The molecule has 0 aromatic heterocycles. The van der Waals surface area contributed by atoms with E-state index in [1.165, 1.54) is 12.8 Å². The van der Waals surface area contributed by atoms with Gasteiger partial charge in [0, 0.05) is 0 Å². The fraction of sp³-hybridized carbons (Fsp3) is 0.682. The van der Waals surface area contributed by atoms with E-state index in [-0.39, 0.29) is 11.9 Å². The van der Waals surface area contributed by atoms with Gasteiger partial charge in [0.15, 0.2) is 0 Å². The summed E-state index contributed by atoms with van der Waals surface area (Å²) in [7, 11) is 0. The lowest BCUT2D eigenvalue weighted by atomic mass is 9.67. The molecular weight excluding hydrogens is 312 g/mol. The lowest BCUT2D eigenvalue weighted by Gasteiger charge is -2.37. The highest BCUT2D eigenvalue weighted by Crippen LogP contribution is 2.73. The summed E-state index contributed by atoms with van der Waals surface area (Å²) < 4.78 is 12.0. The Kier molecular flexibility index (Phi) is 2.76. The number of hydrogen-bond acceptors (Lipinski definition) is 3. The SMILES string of the molecule is CC(C)(OC(=O)C1CC2CC1C1C3CC(C4OC34)C21)c1ccccc1. The molecule has 1 heterocycles. The second-order valence-corrected chi connectivity index (χ2v) is 9.58. The van der Waals surface area contributed by atoms with Crippen LogP contribution in [0.25, 0.3) is 0 Å². The summed E-state index contributed by atoms with van der Waals surface area (Å²) in [4.78, 5) is 13.1. The van der Waals surface area contributed by atoms with E-state index in [0.717, 1.165) is 41.6 Å². The second-order valence-electron chi connectivity index (χ2n) is 9.58. The molecule has 0 amide bonds. The fourth-order valence-corrected chi connectivity index (χ4v) is 7.35. The van der Waals surface area contributed by atoms with Gasteiger partial charge in [-0.2, -0.15) is 0 Å². The molecule has 4 saturated carbocycles. The van der Waals surface area contributed by atoms with Crippen molar-refractivity contribution in [2.75, 3.05) is 0 Å². The van der Waals surface area contributed by atoms with Gasteiger partial charge >= 0.3 is 5.97 Å². The summed E-state index contributed by atoms with van der Waals surface area (Å²) in [5.74, 6) is 4.60. The zero-order chi connectivity index (χ0) is 16.9. The van der Waals surface area contributed by atoms with Crippen LogP contribution in [0.1, 0.15) is 38.7 Å². The maximum atomic E-state index is 13.1. The summed E-state index contributed by atoms with van der Waals surface area (Å²) in [6.45, 7) is 4.02. The minimum atomic E-state index is -0.557. The molecule has 3 nitrogen and oxygen atoms in total. The highest BCUT2D eigenvalue weighted by atomic mass is 16.6. The lowest BCUT2D eigenvalue weighted by molar-refractivity contribution is -0.166. The maximum absolute atomic E-state index is 13.1. The number of benzene rings is 1. The highest BCUT2D eigenvalue weighted by molar-refractivity contribution is 5.74. The second kappa shape index (κ2) is 4.68. The quantitative estimate of drug-likeness (QED) is 0.478. The molecule has 5 fully saturated rings. The van der Waals surface area contributed by atoms with Gasteiger partial charge < -0.3 is 9.47 Å². The van der Waals surface area contributed by atoms with Crippen LogP contribution in [0.15, 0.2) is 30.3 Å². The molecule has 3 heteroatoms. The van der Waals surface area contributed by atoms with Crippen molar-refractivity contribution in [3.8, 4) is 0 Å². The van der Waals surface area contributed by atoms with Crippen LogP contribution in [-0.2, 0) is 19.9 Å². The van der Waals surface area contributed by atoms with Crippen LogP contribution in [0, 0.1) is 41.4 Å². The van der Waals surface area contributed by atoms with Crippen LogP contribution in [0.4, 0.5) is 0 Å². The van der Waals surface area contributed by atoms with Crippen molar-refractivity contribution in [2.24, 2.45) is 41.4 Å². The van der Waals surface area contributed by atoms with Gasteiger partial charge in [-0.3, -0.25) is 4.79 Å². The number of esters is 1. The molecule has 1 saturated heterocycles. The zero-order valence-electron chi connectivity index (χ0n) is 14.9. The van der Waals surface area contributed by atoms with E-state index < -0.39 is 5.60 Å². The molecule has 9 atom stereocenters. The Labute approximate surface area is 149 Å². The number of rotatable bonds is 3. The number of carbonyl (C=O) groups excluding carboxylic acids is 1. The summed E-state index contributed by atoms with van der Waals surface area (Å²) >= 11 is 0. The minimum absolute atomic E-state index is 0.0378. The normalized spacial score (nSPS) is 48.3. The van der Waals surface area contributed by atoms with Gasteiger partial charge in [-0.15, -0.1) is 0 Å². The van der Waals surface area contributed by atoms with Crippen molar-refractivity contribution in [3.63, 3.8) is 0 Å². The van der Waals surface area contributed by atoms with Crippen molar-refractivity contribution in [2.45, 2.75) is 50.9 Å². The summed E-state index contributed by atoms with van der Waals surface area (Å²) in [5.41, 5.74) is 0.511. The fourth-order valence-electron chi connectivity index (χ4n) is 7.35. The third-order valence-corrected chi connectivity index (χ3v) is 8.20. The van der Waals surface area contributed by atoms with Gasteiger partial charge in [0.1, 0.15) is 5.60 Å². The zero-order valence-corrected chi connectivity index (χ0v) is 14.9. The first kappa shape index (κ1) is 14.8. The van der Waals surface area contributed by atoms with Crippen LogP contribution in [-0.4, -0.2) is 18.2 Å². The van der Waals surface area contributed by atoms with Gasteiger partial charge in [0.2, 0.25) is 0 Å². The molecule has 6 rings (SSSR count). The minimum Gasteiger partial charge on any atom is -0.455 e. The molecule has 1 aliphatic heterocycles. The summed E-state index contributed by atoms with van der Waals surface area (Å²) in [5, 5.41) is 0. The van der Waals surface area contributed by atoms with Crippen molar-refractivity contribution >= 4 is 5.97 Å². The van der Waals surface area contributed by atoms with Crippen molar-refractivity contribution < 1.29 is 14.3 Å². The molecule has 5 aliphatic rings. The van der Waals surface area contributed by atoms with Crippen molar-refractivity contribution in [1.29, 1.82) is 0 Å². The Balaban J connectivity index is 1.21. The third-order valence-electron chi connectivity index (χ3n) is 8.20. The predicted molar refractivity (Wildman–Crippen MR) is 92.5 cm³/mol. The predicted octanol–water partition coefficient (Wildman–Crippen LogP) is 3.77. The van der Waals surface area contributed by atoms with Gasteiger partial charge in [-0.1, -0.05) is 30.3 Å². The lowest BCUT2D eigenvalue weighted by Crippen LogP contribution is -2.40. The molecule has 4 aliphatic carbocycles. The van der Waals surface area contributed by atoms with Crippen LogP contribution < -0.4 is 0 Å². The Bertz CT molecular complexity index is 726. The summed E-state index contributed by atoms with van der Waals surface area (Å²) in [6.07, 6.45) is 4.81. The average molecular weight is 338 g/mol. The van der Waals surface area contributed by atoms with E-state index in [0.29, 0.717) is 18.1 Å². The Morgan fingerprint density at radius 3 is 2.48 bits per heavy atom. The molecule has 0 N–H and O–H groups in total. The molecule has 0 radical (unpaired) electrons. The maximum Gasteiger partial charge on any atom is 0.310 e. The van der Waals surface area contributed by atoms with Gasteiger partial charge in [-0.25, -0.2) is 0 Å². The molecule has 1 aromatic carbocycles. The van der Waals surface area contributed by atoms with E-state index in [1.807, 2.05) is 44.2 Å². The molecule has 0 spiro atoms.